The monoisotopic (exact) mass is 590 g/mol. The summed E-state index contributed by atoms with van der Waals surface area (Å²) in [6.07, 6.45) is 6.06. The maximum Gasteiger partial charge on any atom is 0.225 e. The van der Waals surface area contributed by atoms with Crippen molar-refractivity contribution in [2.24, 2.45) is 0 Å². The molecule has 2 aliphatic rings. The molecule has 1 N–H and O–H groups in total. The van der Waals surface area contributed by atoms with E-state index in [0.29, 0.717) is 43.4 Å². The van der Waals surface area contributed by atoms with Crippen LogP contribution in [0.4, 0.5) is 11.8 Å². The molecule has 4 heterocycles. The van der Waals surface area contributed by atoms with E-state index in [1.165, 1.54) is 5.56 Å². The number of benzene rings is 2. The number of ether oxygens (including phenoxy) is 3. The first-order valence-corrected chi connectivity index (χ1v) is 15.3. The van der Waals surface area contributed by atoms with Crippen molar-refractivity contribution in [3.05, 3.63) is 65.4 Å². The Morgan fingerprint density at radius 3 is 2.29 bits per heavy atom. The highest BCUT2D eigenvalue weighted by Crippen LogP contribution is 2.36. The summed E-state index contributed by atoms with van der Waals surface area (Å²) in [5, 5.41) is 5.31. The van der Waals surface area contributed by atoms with Crippen molar-refractivity contribution in [2.45, 2.75) is 39.3 Å². The van der Waals surface area contributed by atoms with Crippen LogP contribution in [0.25, 0.3) is 16.6 Å². The Morgan fingerprint density at radius 2 is 1.62 bits per heavy atom. The number of anilines is 2. The largest absolute Gasteiger partial charge is 0.492 e. The van der Waals surface area contributed by atoms with Crippen LogP contribution in [-0.2, 0) is 11.3 Å². The van der Waals surface area contributed by atoms with E-state index in [9.17, 15) is 0 Å². The van der Waals surface area contributed by atoms with Gasteiger partial charge in [-0.15, -0.1) is 0 Å². The molecule has 0 unspecified atom stereocenters. The number of likely N-dealkylation sites (tertiary alicyclic amines) is 1. The van der Waals surface area contributed by atoms with E-state index < -0.39 is 0 Å². The first kappa shape index (κ1) is 28.6. The average Bonchev–Trinajstić information content (AvgIpc) is 3.53. The quantitative estimate of drug-likeness (QED) is 0.249. The van der Waals surface area contributed by atoms with Gasteiger partial charge in [0.2, 0.25) is 5.95 Å². The molecule has 9 nitrogen and oxygen atoms in total. The second-order valence-corrected chi connectivity index (χ2v) is 11.2. The van der Waals surface area contributed by atoms with Gasteiger partial charge in [-0.25, -0.2) is 4.98 Å². The number of hydrogen-bond acceptors (Lipinski definition) is 8. The molecule has 2 aromatic carbocycles. The number of rotatable bonds is 10. The normalized spacial score (nSPS) is 16.6. The van der Waals surface area contributed by atoms with Crippen molar-refractivity contribution < 1.29 is 14.2 Å². The van der Waals surface area contributed by atoms with Gasteiger partial charge in [-0.2, -0.15) is 4.98 Å². The lowest BCUT2D eigenvalue weighted by atomic mass is 10.0. The summed E-state index contributed by atoms with van der Waals surface area (Å²) >= 11 is 6.34. The fourth-order valence-electron chi connectivity index (χ4n) is 5.84. The summed E-state index contributed by atoms with van der Waals surface area (Å²) in [4.78, 5) is 14.6. The minimum atomic E-state index is 0.303. The zero-order chi connectivity index (χ0) is 28.9. The summed E-state index contributed by atoms with van der Waals surface area (Å²) in [6, 6.07) is 14.5. The van der Waals surface area contributed by atoms with Crippen LogP contribution in [0, 0.1) is 0 Å². The van der Waals surface area contributed by atoms with Gasteiger partial charge in [0.05, 0.1) is 31.9 Å². The third-order valence-corrected chi connectivity index (χ3v) is 8.07. The van der Waals surface area contributed by atoms with Crippen LogP contribution in [-0.4, -0.2) is 78.1 Å². The van der Waals surface area contributed by atoms with E-state index in [1.54, 1.807) is 0 Å². The summed E-state index contributed by atoms with van der Waals surface area (Å²) in [5.74, 6) is 3.28. The van der Waals surface area contributed by atoms with Gasteiger partial charge in [0, 0.05) is 61.6 Å². The molecule has 0 radical (unpaired) electrons. The molecule has 2 fully saturated rings. The Kier molecular flexibility index (Phi) is 8.98. The number of nitrogens with zero attached hydrogens (tertiary/aromatic N) is 5. The highest BCUT2D eigenvalue weighted by Gasteiger charge is 2.23. The Labute approximate surface area is 252 Å². The second-order valence-electron chi connectivity index (χ2n) is 10.7. The predicted molar refractivity (Wildman–Crippen MR) is 168 cm³/mol. The lowest BCUT2D eigenvalue weighted by Crippen LogP contribution is -2.39. The van der Waals surface area contributed by atoms with Crippen LogP contribution in [0.15, 0.2) is 54.9 Å². The summed E-state index contributed by atoms with van der Waals surface area (Å²) in [6.45, 7) is 11.0. The molecule has 2 aromatic heterocycles. The van der Waals surface area contributed by atoms with E-state index in [1.807, 2.05) is 56.6 Å². The van der Waals surface area contributed by atoms with Gasteiger partial charge in [0.25, 0.3) is 0 Å². The van der Waals surface area contributed by atoms with Crippen LogP contribution < -0.4 is 19.7 Å². The van der Waals surface area contributed by atoms with E-state index >= 15 is 0 Å². The molecule has 222 valence electrons. The minimum absolute atomic E-state index is 0.303. The van der Waals surface area contributed by atoms with E-state index in [-0.39, 0.29) is 0 Å². The molecule has 0 aliphatic carbocycles. The molecule has 6 rings (SSSR count). The molecule has 10 heteroatoms. The number of fused-ring (bicyclic) bond motifs is 1. The number of nitrogens with one attached hydrogen (secondary N) is 1. The maximum absolute atomic E-state index is 6.34. The molecule has 0 amide bonds. The van der Waals surface area contributed by atoms with Gasteiger partial charge in [-0.1, -0.05) is 11.6 Å². The van der Waals surface area contributed by atoms with Gasteiger partial charge < -0.3 is 29.0 Å². The van der Waals surface area contributed by atoms with E-state index in [0.717, 1.165) is 79.5 Å². The minimum Gasteiger partial charge on any atom is -0.492 e. The van der Waals surface area contributed by atoms with Crippen LogP contribution in [0.5, 0.6) is 11.5 Å². The Bertz CT molecular complexity index is 1460. The molecule has 0 spiro atoms. The maximum atomic E-state index is 6.34. The molecule has 42 heavy (non-hydrogen) atoms. The van der Waals surface area contributed by atoms with Crippen molar-refractivity contribution in [2.75, 3.05) is 62.8 Å². The first-order valence-electron chi connectivity index (χ1n) is 15.0. The van der Waals surface area contributed by atoms with Crippen molar-refractivity contribution in [3.8, 4) is 17.2 Å². The van der Waals surface area contributed by atoms with Crippen molar-refractivity contribution in [1.29, 1.82) is 0 Å². The molecule has 0 saturated carbocycles. The van der Waals surface area contributed by atoms with Crippen LogP contribution in [0.2, 0.25) is 5.02 Å². The van der Waals surface area contributed by atoms with Gasteiger partial charge >= 0.3 is 0 Å². The number of morpholine rings is 1. The summed E-state index contributed by atoms with van der Waals surface area (Å²) < 4.78 is 19.8. The van der Waals surface area contributed by atoms with Crippen LogP contribution in [0.1, 0.15) is 32.3 Å². The topological polar surface area (TPSA) is 76.9 Å². The SMILES string of the molecule is CCOc1cc(CN2CCC(Nc3nc(N4CCOCC4)c4cc(Cl)ccc4n3)CC2)cc(OCC)c1-n1cccc1. The standard InChI is InChI=1S/C32H39ClN6O3/c1-3-41-28-19-23(20-29(42-4-2)30(28)38-11-5-6-12-38)22-37-13-9-25(10-14-37)34-32-35-27-8-7-24(33)21-26(27)31(36-32)39-15-17-40-18-16-39/h5-8,11-12,19-21,25H,3-4,9-10,13-18,22H2,1-2H3,(H,34,35,36). The highest BCUT2D eigenvalue weighted by atomic mass is 35.5. The molecule has 0 bridgehead atoms. The second kappa shape index (κ2) is 13.2. The third-order valence-electron chi connectivity index (χ3n) is 7.84. The Balaban J connectivity index is 1.15. The zero-order valence-electron chi connectivity index (χ0n) is 24.4. The fraction of sp³-hybridized carbons (Fsp3) is 0.438. The number of piperidine rings is 1. The van der Waals surface area contributed by atoms with E-state index in [4.69, 9.17) is 35.8 Å². The fourth-order valence-corrected chi connectivity index (χ4v) is 6.01. The summed E-state index contributed by atoms with van der Waals surface area (Å²) in [5.41, 5.74) is 3.04. The number of halogens is 1. The number of aromatic nitrogens is 3. The molecular formula is C32H39ClN6O3. The first-order chi connectivity index (χ1) is 20.6. The molecule has 2 saturated heterocycles. The molecule has 4 aromatic rings. The van der Waals surface area contributed by atoms with Gasteiger partial charge in [-0.3, -0.25) is 4.90 Å². The molecule has 0 atom stereocenters. The highest BCUT2D eigenvalue weighted by molar-refractivity contribution is 6.31. The van der Waals surface area contributed by atoms with Gasteiger partial charge in [-0.05, 0) is 74.7 Å². The lowest BCUT2D eigenvalue weighted by molar-refractivity contribution is 0.122. The average molecular weight is 591 g/mol. The van der Waals surface area contributed by atoms with Crippen LogP contribution >= 0.6 is 11.6 Å². The molecular weight excluding hydrogens is 552 g/mol. The predicted octanol–water partition coefficient (Wildman–Crippen LogP) is 5.78. The molecule has 2 aliphatic heterocycles. The third kappa shape index (κ3) is 6.43. The van der Waals surface area contributed by atoms with Crippen molar-refractivity contribution >= 4 is 34.3 Å². The summed E-state index contributed by atoms with van der Waals surface area (Å²) in [7, 11) is 0. The van der Waals surface area contributed by atoms with E-state index in [2.05, 4.69) is 31.8 Å². The van der Waals surface area contributed by atoms with Crippen molar-refractivity contribution in [3.63, 3.8) is 0 Å². The van der Waals surface area contributed by atoms with Gasteiger partial charge in [0.1, 0.15) is 23.0 Å². The van der Waals surface area contributed by atoms with Gasteiger partial charge in [0.15, 0.2) is 0 Å². The van der Waals surface area contributed by atoms with Crippen LogP contribution in [0.3, 0.4) is 0 Å². The Morgan fingerprint density at radius 1 is 0.929 bits per heavy atom. The Hall–Kier alpha value is -3.53. The van der Waals surface area contributed by atoms with Crippen molar-refractivity contribution in [1.82, 2.24) is 19.4 Å². The zero-order valence-corrected chi connectivity index (χ0v) is 25.1. The number of hydrogen-bond donors (Lipinski definition) is 1. The lowest BCUT2D eigenvalue weighted by Gasteiger charge is -2.33. The smallest absolute Gasteiger partial charge is 0.225 e.